The van der Waals surface area contributed by atoms with Crippen molar-refractivity contribution in [2.75, 3.05) is 14.2 Å². The van der Waals surface area contributed by atoms with Crippen molar-refractivity contribution in [1.29, 1.82) is 0 Å². The molecule has 1 atom stereocenters. The fraction of sp³-hybridized carbons (Fsp3) is 0.455. The van der Waals surface area contributed by atoms with E-state index in [0.717, 1.165) is 0 Å². The lowest BCUT2D eigenvalue weighted by Crippen LogP contribution is -2.41. The van der Waals surface area contributed by atoms with Crippen LogP contribution in [-0.4, -0.2) is 26.4 Å². The molecule has 0 fully saturated rings. The minimum Gasteiger partial charge on any atom is -0.497 e. The number of hydrogen-bond donors (Lipinski definition) is 1. The standard InChI is InChI=1S/C11H14F3NO/c1-15-10(11(12,13)14)7-8-4-3-5-9(6-8)16-2/h3-6,10,15H,7H2,1-2H3. The molecule has 0 radical (unpaired) electrons. The predicted molar refractivity (Wildman–Crippen MR) is 55.6 cm³/mol. The lowest BCUT2D eigenvalue weighted by Gasteiger charge is -2.19. The molecule has 0 aromatic heterocycles. The van der Waals surface area contributed by atoms with Crippen LogP contribution in [0.2, 0.25) is 0 Å². The maximum Gasteiger partial charge on any atom is 0.404 e. The van der Waals surface area contributed by atoms with E-state index >= 15 is 0 Å². The third-order valence-corrected chi connectivity index (χ3v) is 2.32. The predicted octanol–water partition coefficient (Wildman–Crippen LogP) is 2.39. The first-order valence-corrected chi connectivity index (χ1v) is 4.84. The Hall–Kier alpha value is -1.23. The number of hydrogen-bond acceptors (Lipinski definition) is 2. The van der Waals surface area contributed by atoms with E-state index in [9.17, 15) is 13.2 Å². The third kappa shape index (κ3) is 3.41. The Labute approximate surface area is 92.4 Å². The van der Waals surface area contributed by atoms with Crippen LogP contribution in [0.3, 0.4) is 0 Å². The highest BCUT2D eigenvalue weighted by Gasteiger charge is 2.38. The quantitative estimate of drug-likeness (QED) is 0.862. The summed E-state index contributed by atoms with van der Waals surface area (Å²) in [6.07, 6.45) is -4.34. The van der Waals surface area contributed by atoms with Gasteiger partial charge in [0, 0.05) is 0 Å². The van der Waals surface area contributed by atoms with E-state index < -0.39 is 12.2 Å². The van der Waals surface area contributed by atoms with E-state index in [1.807, 2.05) is 0 Å². The fourth-order valence-corrected chi connectivity index (χ4v) is 1.42. The molecule has 0 saturated carbocycles. The number of benzene rings is 1. The van der Waals surface area contributed by atoms with Crippen molar-refractivity contribution in [3.63, 3.8) is 0 Å². The highest BCUT2D eigenvalue weighted by atomic mass is 19.4. The lowest BCUT2D eigenvalue weighted by atomic mass is 10.1. The summed E-state index contributed by atoms with van der Waals surface area (Å²) in [6.45, 7) is 0. The van der Waals surface area contributed by atoms with Gasteiger partial charge in [-0.05, 0) is 31.2 Å². The summed E-state index contributed by atoms with van der Waals surface area (Å²) in [7, 11) is 2.79. The summed E-state index contributed by atoms with van der Waals surface area (Å²) in [5, 5.41) is 2.26. The third-order valence-electron chi connectivity index (χ3n) is 2.32. The Bertz CT molecular complexity index is 338. The summed E-state index contributed by atoms with van der Waals surface area (Å²) in [5.41, 5.74) is 0.594. The number of nitrogens with one attached hydrogen (secondary N) is 1. The SMILES string of the molecule is CNC(Cc1cccc(OC)c1)C(F)(F)F. The summed E-state index contributed by atoms with van der Waals surface area (Å²) in [5.74, 6) is 0.564. The van der Waals surface area contributed by atoms with Gasteiger partial charge in [-0.15, -0.1) is 0 Å². The van der Waals surface area contributed by atoms with Gasteiger partial charge >= 0.3 is 6.18 Å². The number of alkyl halides is 3. The van der Waals surface area contributed by atoms with Gasteiger partial charge in [0.05, 0.1) is 7.11 Å². The van der Waals surface area contributed by atoms with E-state index in [1.165, 1.54) is 14.2 Å². The van der Waals surface area contributed by atoms with Crippen molar-refractivity contribution in [3.05, 3.63) is 29.8 Å². The number of halogens is 3. The molecule has 5 heteroatoms. The zero-order valence-corrected chi connectivity index (χ0v) is 9.14. The smallest absolute Gasteiger partial charge is 0.404 e. The van der Waals surface area contributed by atoms with Crippen molar-refractivity contribution in [3.8, 4) is 5.75 Å². The number of likely N-dealkylation sites (N-methyl/N-ethyl adjacent to an activating group) is 1. The molecule has 0 aliphatic rings. The fourth-order valence-electron chi connectivity index (χ4n) is 1.42. The van der Waals surface area contributed by atoms with Gasteiger partial charge < -0.3 is 10.1 Å². The minimum atomic E-state index is -4.24. The van der Waals surface area contributed by atoms with Gasteiger partial charge in [0.2, 0.25) is 0 Å². The van der Waals surface area contributed by atoms with Crippen molar-refractivity contribution < 1.29 is 17.9 Å². The maximum absolute atomic E-state index is 12.5. The Kier molecular flexibility index (Phi) is 4.18. The van der Waals surface area contributed by atoms with E-state index in [4.69, 9.17) is 4.74 Å². The highest BCUT2D eigenvalue weighted by molar-refractivity contribution is 5.29. The van der Waals surface area contributed by atoms with Crippen LogP contribution in [0.15, 0.2) is 24.3 Å². The van der Waals surface area contributed by atoms with Gasteiger partial charge in [0.25, 0.3) is 0 Å². The second kappa shape index (κ2) is 5.21. The normalized spacial score (nSPS) is 13.6. The Morgan fingerprint density at radius 2 is 2.06 bits per heavy atom. The average Bonchev–Trinajstić information content (AvgIpc) is 2.24. The Morgan fingerprint density at radius 1 is 1.38 bits per heavy atom. The number of ether oxygens (including phenoxy) is 1. The van der Waals surface area contributed by atoms with E-state index in [0.29, 0.717) is 11.3 Å². The topological polar surface area (TPSA) is 21.3 Å². The molecular weight excluding hydrogens is 219 g/mol. The lowest BCUT2D eigenvalue weighted by molar-refractivity contribution is -0.154. The molecule has 1 aromatic rings. The number of rotatable bonds is 4. The molecule has 1 N–H and O–H groups in total. The molecule has 0 heterocycles. The van der Waals surface area contributed by atoms with Crippen LogP contribution in [0.4, 0.5) is 13.2 Å². The van der Waals surface area contributed by atoms with Gasteiger partial charge in [0.1, 0.15) is 11.8 Å². The van der Waals surface area contributed by atoms with Gasteiger partial charge in [-0.3, -0.25) is 0 Å². The average molecular weight is 233 g/mol. The second-order valence-corrected chi connectivity index (χ2v) is 3.44. The molecule has 16 heavy (non-hydrogen) atoms. The van der Waals surface area contributed by atoms with Crippen LogP contribution < -0.4 is 10.1 Å². The molecule has 0 aliphatic heterocycles. The molecule has 0 saturated heterocycles. The first-order valence-electron chi connectivity index (χ1n) is 4.84. The van der Waals surface area contributed by atoms with Crippen molar-refractivity contribution in [2.45, 2.75) is 18.6 Å². The Balaban J connectivity index is 2.78. The summed E-state index contributed by atoms with van der Waals surface area (Å²) in [4.78, 5) is 0. The number of methoxy groups -OCH3 is 1. The van der Waals surface area contributed by atoms with Crippen LogP contribution in [0.1, 0.15) is 5.56 Å². The van der Waals surface area contributed by atoms with Gasteiger partial charge in [-0.2, -0.15) is 13.2 Å². The summed E-state index contributed by atoms with van der Waals surface area (Å²) >= 11 is 0. The molecule has 0 amide bonds. The maximum atomic E-state index is 12.5. The Morgan fingerprint density at radius 3 is 2.56 bits per heavy atom. The molecule has 1 unspecified atom stereocenters. The van der Waals surface area contributed by atoms with Crippen molar-refractivity contribution >= 4 is 0 Å². The molecule has 1 rings (SSSR count). The molecule has 0 spiro atoms. The molecular formula is C11H14F3NO. The van der Waals surface area contributed by atoms with Gasteiger partial charge in [0.15, 0.2) is 0 Å². The van der Waals surface area contributed by atoms with Crippen LogP contribution in [0, 0.1) is 0 Å². The molecule has 0 aliphatic carbocycles. The van der Waals surface area contributed by atoms with Crippen molar-refractivity contribution in [1.82, 2.24) is 5.32 Å². The zero-order valence-electron chi connectivity index (χ0n) is 9.14. The molecule has 0 bridgehead atoms. The van der Waals surface area contributed by atoms with Gasteiger partial charge in [-0.1, -0.05) is 12.1 Å². The van der Waals surface area contributed by atoms with E-state index in [2.05, 4.69) is 5.32 Å². The second-order valence-electron chi connectivity index (χ2n) is 3.44. The summed E-state index contributed by atoms with van der Waals surface area (Å²) in [6, 6.07) is 5.11. The monoisotopic (exact) mass is 233 g/mol. The molecule has 1 aromatic carbocycles. The van der Waals surface area contributed by atoms with Gasteiger partial charge in [-0.25, -0.2) is 0 Å². The van der Waals surface area contributed by atoms with Crippen molar-refractivity contribution in [2.24, 2.45) is 0 Å². The van der Waals surface area contributed by atoms with Crippen LogP contribution in [0.5, 0.6) is 5.75 Å². The minimum absolute atomic E-state index is 0.100. The van der Waals surface area contributed by atoms with Crippen LogP contribution in [-0.2, 0) is 6.42 Å². The van der Waals surface area contributed by atoms with Crippen LogP contribution >= 0.6 is 0 Å². The van der Waals surface area contributed by atoms with E-state index in [1.54, 1.807) is 24.3 Å². The largest absolute Gasteiger partial charge is 0.497 e. The van der Waals surface area contributed by atoms with E-state index in [-0.39, 0.29) is 6.42 Å². The van der Waals surface area contributed by atoms with Crippen LogP contribution in [0.25, 0.3) is 0 Å². The highest BCUT2D eigenvalue weighted by Crippen LogP contribution is 2.24. The first kappa shape index (κ1) is 12.8. The first-order chi connectivity index (χ1) is 7.47. The zero-order chi connectivity index (χ0) is 12.2. The summed E-state index contributed by atoms with van der Waals surface area (Å²) < 4.78 is 42.4. The molecule has 2 nitrogen and oxygen atoms in total. The molecule has 90 valence electrons.